The third-order valence-corrected chi connectivity index (χ3v) is 3.09. The van der Waals surface area contributed by atoms with Gasteiger partial charge in [0.1, 0.15) is 11.5 Å². The number of carbonyl (C=O) groups excluding carboxylic acids is 1. The van der Waals surface area contributed by atoms with Crippen LogP contribution in [-0.2, 0) is 0 Å². The van der Waals surface area contributed by atoms with Crippen LogP contribution < -0.4 is 11.1 Å². The van der Waals surface area contributed by atoms with Crippen LogP contribution in [-0.4, -0.2) is 53.2 Å². The molecule has 0 aromatic heterocycles. The molecular formula is C12H17N3O3. The summed E-state index contributed by atoms with van der Waals surface area (Å²) in [5, 5.41) is 22.1. The van der Waals surface area contributed by atoms with Gasteiger partial charge in [0.2, 0.25) is 0 Å². The maximum absolute atomic E-state index is 12.3. The van der Waals surface area contributed by atoms with Gasteiger partial charge in [0.05, 0.1) is 11.6 Å². The normalized spacial score (nSPS) is 19.8. The molecule has 1 aliphatic heterocycles. The van der Waals surface area contributed by atoms with Crippen molar-refractivity contribution < 1.29 is 15.0 Å². The number of amides is 1. The molecule has 0 radical (unpaired) electrons. The number of phenols is 2. The highest BCUT2D eigenvalue weighted by Crippen LogP contribution is 2.24. The fourth-order valence-corrected chi connectivity index (χ4v) is 2.09. The summed E-state index contributed by atoms with van der Waals surface area (Å²) in [5.74, 6) is -0.543. The second-order valence-electron chi connectivity index (χ2n) is 4.29. The summed E-state index contributed by atoms with van der Waals surface area (Å²) in [6, 6.07) is 3.89. The van der Waals surface area contributed by atoms with Crippen LogP contribution in [0.3, 0.4) is 0 Å². The molecule has 1 aromatic rings. The molecule has 1 fully saturated rings. The largest absolute Gasteiger partial charge is 0.508 e. The number of phenolic OH excluding ortho intramolecular Hbond substituents is 2. The van der Waals surface area contributed by atoms with Gasteiger partial charge in [0, 0.05) is 32.2 Å². The predicted molar refractivity (Wildman–Crippen MR) is 66.5 cm³/mol. The molecule has 0 bridgehead atoms. The number of hydrogen-bond donors (Lipinski definition) is 4. The highest BCUT2D eigenvalue weighted by molar-refractivity contribution is 5.97. The van der Waals surface area contributed by atoms with Crippen LogP contribution in [0.2, 0.25) is 0 Å². The van der Waals surface area contributed by atoms with E-state index in [0.717, 1.165) is 6.07 Å². The van der Waals surface area contributed by atoms with E-state index in [1.54, 1.807) is 4.90 Å². The summed E-state index contributed by atoms with van der Waals surface area (Å²) in [4.78, 5) is 14.0. The summed E-state index contributed by atoms with van der Waals surface area (Å²) in [5.41, 5.74) is 5.82. The Kier molecular flexibility index (Phi) is 3.69. The third kappa shape index (κ3) is 2.39. The number of nitrogens with zero attached hydrogens (tertiary/aromatic N) is 1. The second-order valence-corrected chi connectivity index (χ2v) is 4.29. The molecule has 1 atom stereocenters. The zero-order valence-corrected chi connectivity index (χ0v) is 9.97. The van der Waals surface area contributed by atoms with Gasteiger partial charge in [-0.2, -0.15) is 0 Å². The van der Waals surface area contributed by atoms with Crippen molar-refractivity contribution in [2.24, 2.45) is 5.73 Å². The molecule has 1 heterocycles. The monoisotopic (exact) mass is 251 g/mol. The first kappa shape index (κ1) is 12.7. The number of carbonyl (C=O) groups is 1. The minimum Gasteiger partial charge on any atom is -0.508 e. The Balaban J connectivity index is 2.24. The van der Waals surface area contributed by atoms with Crippen LogP contribution in [0.5, 0.6) is 11.5 Å². The van der Waals surface area contributed by atoms with E-state index in [0.29, 0.717) is 26.2 Å². The minimum absolute atomic E-state index is 0.0697. The Morgan fingerprint density at radius 2 is 2.28 bits per heavy atom. The molecule has 1 aromatic carbocycles. The van der Waals surface area contributed by atoms with Crippen LogP contribution >= 0.6 is 0 Å². The lowest BCUT2D eigenvalue weighted by Gasteiger charge is -2.35. The zero-order chi connectivity index (χ0) is 13.1. The smallest absolute Gasteiger partial charge is 0.257 e. The molecule has 18 heavy (non-hydrogen) atoms. The molecule has 6 nitrogen and oxygen atoms in total. The third-order valence-electron chi connectivity index (χ3n) is 3.09. The van der Waals surface area contributed by atoms with E-state index in [1.165, 1.54) is 12.1 Å². The van der Waals surface area contributed by atoms with E-state index < -0.39 is 0 Å². The van der Waals surface area contributed by atoms with Gasteiger partial charge in [0.15, 0.2) is 0 Å². The van der Waals surface area contributed by atoms with Crippen molar-refractivity contribution >= 4 is 5.91 Å². The molecule has 0 spiro atoms. The Bertz CT molecular complexity index is 450. The maximum Gasteiger partial charge on any atom is 0.257 e. The van der Waals surface area contributed by atoms with Crippen molar-refractivity contribution in [3.63, 3.8) is 0 Å². The van der Waals surface area contributed by atoms with E-state index in [9.17, 15) is 15.0 Å². The SMILES string of the molecule is NCC1CNCCN1C(=O)c1ccc(O)cc1O. The number of hydrogen-bond acceptors (Lipinski definition) is 5. The number of piperazine rings is 1. The number of aromatic hydroxyl groups is 2. The lowest BCUT2D eigenvalue weighted by atomic mass is 10.1. The van der Waals surface area contributed by atoms with E-state index in [4.69, 9.17) is 5.73 Å². The highest BCUT2D eigenvalue weighted by Gasteiger charge is 2.27. The van der Waals surface area contributed by atoms with Crippen LogP contribution in [0.15, 0.2) is 18.2 Å². The molecule has 6 heteroatoms. The average molecular weight is 251 g/mol. The summed E-state index contributed by atoms with van der Waals surface area (Å²) in [7, 11) is 0. The lowest BCUT2D eigenvalue weighted by Crippen LogP contribution is -2.56. The second kappa shape index (κ2) is 5.24. The molecule has 98 valence electrons. The van der Waals surface area contributed by atoms with E-state index >= 15 is 0 Å². The number of benzene rings is 1. The van der Waals surface area contributed by atoms with Crippen LogP contribution in [0, 0.1) is 0 Å². The van der Waals surface area contributed by atoms with Crippen molar-refractivity contribution in [2.45, 2.75) is 6.04 Å². The van der Waals surface area contributed by atoms with Gasteiger partial charge in [-0.3, -0.25) is 4.79 Å². The molecule has 1 unspecified atom stereocenters. The molecule has 5 N–H and O–H groups in total. The molecule has 1 saturated heterocycles. The quantitative estimate of drug-likeness (QED) is 0.566. The Hall–Kier alpha value is -1.79. The van der Waals surface area contributed by atoms with Gasteiger partial charge in [-0.25, -0.2) is 0 Å². The summed E-state index contributed by atoms with van der Waals surface area (Å²) >= 11 is 0. The minimum atomic E-state index is -0.260. The molecule has 2 rings (SSSR count). The maximum atomic E-state index is 12.3. The Morgan fingerprint density at radius 1 is 1.50 bits per heavy atom. The summed E-state index contributed by atoms with van der Waals surface area (Å²) in [6.07, 6.45) is 0. The predicted octanol–water partition coefficient (Wildman–Crippen LogP) is -0.529. The summed E-state index contributed by atoms with van der Waals surface area (Å²) < 4.78 is 0. The van der Waals surface area contributed by atoms with Crippen molar-refractivity contribution in [1.82, 2.24) is 10.2 Å². The van der Waals surface area contributed by atoms with Crippen LogP contribution in [0.4, 0.5) is 0 Å². The molecular weight excluding hydrogens is 234 g/mol. The van der Waals surface area contributed by atoms with Crippen molar-refractivity contribution in [3.8, 4) is 11.5 Å². The Morgan fingerprint density at radius 3 is 2.94 bits per heavy atom. The molecule has 0 saturated carbocycles. The highest BCUT2D eigenvalue weighted by atomic mass is 16.3. The van der Waals surface area contributed by atoms with Gasteiger partial charge >= 0.3 is 0 Å². The Labute approximate surface area is 105 Å². The van der Waals surface area contributed by atoms with E-state index in [2.05, 4.69) is 5.32 Å². The number of rotatable bonds is 2. The number of nitrogens with two attached hydrogens (primary N) is 1. The van der Waals surface area contributed by atoms with Gasteiger partial charge in [0.25, 0.3) is 5.91 Å². The summed E-state index contributed by atoms with van der Waals surface area (Å²) in [6.45, 7) is 2.29. The van der Waals surface area contributed by atoms with Gasteiger partial charge in [-0.15, -0.1) is 0 Å². The van der Waals surface area contributed by atoms with Crippen LogP contribution in [0.1, 0.15) is 10.4 Å². The standard InChI is InChI=1S/C12H17N3O3/c13-6-8-7-14-3-4-15(8)12(18)10-2-1-9(16)5-11(10)17/h1-2,5,8,14,16-17H,3-4,6-7,13H2. The average Bonchev–Trinajstić information content (AvgIpc) is 2.38. The van der Waals surface area contributed by atoms with E-state index in [-0.39, 0.29) is 29.0 Å². The topological polar surface area (TPSA) is 98.8 Å². The van der Waals surface area contributed by atoms with Crippen LogP contribution in [0.25, 0.3) is 0 Å². The fraction of sp³-hybridized carbons (Fsp3) is 0.417. The number of nitrogens with one attached hydrogen (secondary N) is 1. The van der Waals surface area contributed by atoms with Gasteiger partial charge in [-0.1, -0.05) is 0 Å². The fourth-order valence-electron chi connectivity index (χ4n) is 2.09. The molecule has 0 aliphatic carbocycles. The zero-order valence-electron chi connectivity index (χ0n) is 9.97. The first-order chi connectivity index (χ1) is 8.63. The van der Waals surface area contributed by atoms with Crippen molar-refractivity contribution in [3.05, 3.63) is 23.8 Å². The van der Waals surface area contributed by atoms with Gasteiger partial charge in [-0.05, 0) is 12.1 Å². The lowest BCUT2D eigenvalue weighted by molar-refractivity contribution is 0.0641. The van der Waals surface area contributed by atoms with E-state index in [1.807, 2.05) is 0 Å². The first-order valence-corrected chi connectivity index (χ1v) is 5.87. The van der Waals surface area contributed by atoms with Crippen molar-refractivity contribution in [2.75, 3.05) is 26.2 Å². The van der Waals surface area contributed by atoms with Gasteiger partial charge < -0.3 is 26.2 Å². The van der Waals surface area contributed by atoms with Crippen molar-refractivity contribution in [1.29, 1.82) is 0 Å². The molecule has 1 aliphatic rings. The first-order valence-electron chi connectivity index (χ1n) is 5.87. The molecule has 1 amide bonds.